The molecule has 0 aromatic heterocycles. The molecule has 130 valence electrons. The molecule has 0 aliphatic carbocycles. The molecular formula is C19H42BrN. The van der Waals surface area contributed by atoms with Gasteiger partial charge in [0.05, 0.1) is 6.54 Å². The van der Waals surface area contributed by atoms with E-state index in [0.29, 0.717) is 5.41 Å². The Morgan fingerprint density at radius 2 is 0.810 bits per heavy atom. The third kappa shape index (κ3) is 22.9. The molecule has 21 heavy (non-hydrogen) atoms. The molecule has 0 spiro atoms. The normalized spacial score (nSPS) is 11.4. The predicted octanol–water partition coefficient (Wildman–Crippen LogP) is 2.74. The van der Waals surface area contributed by atoms with Crippen molar-refractivity contribution in [3.63, 3.8) is 0 Å². The minimum absolute atomic E-state index is 0. The van der Waals surface area contributed by atoms with Gasteiger partial charge in [0.2, 0.25) is 0 Å². The van der Waals surface area contributed by atoms with Crippen molar-refractivity contribution in [3.05, 3.63) is 0 Å². The molecule has 0 aromatic rings. The molecule has 0 bridgehead atoms. The molecule has 0 aliphatic rings. The maximum Gasteiger partial charge on any atom is 0.0739 e. The molecule has 0 atom stereocenters. The summed E-state index contributed by atoms with van der Waals surface area (Å²) in [5.41, 5.74) is 4.43. The van der Waals surface area contributed by atoms with E-state index in [1.165, 1.54) is 89.9 Å². The van der Waals surface area contributed by atoms with Crippen LogP contribution in [0.3, 0.4) is 0 Å². The summed E-state index contributed by atoms with van der Waals surface area (Å²) in [5.74, 6) is 0. The highest BCUT2D eigenvalue weighted by atomic mass is 79.9. The molecule has 3 N–H and O–H groups in total. The van der Waals surface area contributed by atoms with Crippen LogP contribution in [-0.4, -0.2) is 6.54 Å². The Morgan fingerprint density at radius 3 is 1.10 bits per heavy atom. The van der Waals surface area contributed by atoms with Crippen LogP contribution in [0.5, 0.6) is 0 Å². The lowest BCUT2D eigenvalue weighted by molar-refractivity contribution is -0.368. The summed E-state index contributed by atoms with van der Waals surface area (Å²) < 4.78 is 0. The van der Waals surface area contributed by atoms with Gasteiger partial charge in [0, 0.05) is 0 Å². The van der Waals surface area contributed by atoms with E-state index in [2.05, 4.69) is 26.5 Å². The van der Waals surface area contributed by atoms with Gasteiger partial charge in [-0.15, -0.1) is 0 Å². The molecule has 0 fully saturated rings. The zero-order valence-corrected chi connectivity index (χ0v) is 16.8. The average molecular weight is 364 g/mol. The monoisotopic (exact) mass is 363 g/mol. The molecular weight excluding hydrogens is 322 g/mol. The van der Waals surface area contributed by atoms with Crippen molar-refractivity contribution in [2.45, 2.75) is 111 Å². The summed E-state index contributed by atoms with van der Waals surface area (Å²) in [5, 5.41) is 0. The SMILES string of the molecule is CC(C)(C)CCCCCCCCCCCCCCC[NH3+].[Br-]. The summed E-state index contributed by atoms with van der Waals surface area (Å²) in [6.45, 7) is 8.18. The van der Waals surface area contributed by atoms with Crippen LogP contribution in [-0.2, 0) is 0 Å². The number of quaternary nitrogens is 1. The van der Waals surface area contributed by atoms with Crippen molar-refractivity contribution in [1.82, 2.24) is 0 Å². The molecule has 0 rings (SSSR count). The van der Waals surface area contributed by atoms with E-state index >= 15 is 0 Å². The fraction of sp³-hybridized carbons (Fsp3) is 1.00. The second kappa shape index (κ2) is 16.8. The Labute approximate surface area is 145 Å². The number of hydrogen-bond acceptors (Lipinski definition) is 0. The van der Waals surface area contributed by atoms with Crippen LogP contribution in [0.4, 0.5) is 0 Å². The zero-order chi connectivity index (χ0) is 15.1. The van der Waals surface area contributed by atoms with Gasteiger partial charge in [-0.3, -0.25) is 0 Å². The van der Waals surface area contributed by atoms with Gasteiger partial charge < -0.3 is 22.7 Å². The molecule has 0 unspecified atom stereocenters. The van der Waals surface area contributed by atoms with Gasteiger partial charge in [0.15, 0.2) is 0 Å². The second-order valence-corrected chi connectivity index (χ2v) is 7.76. The fourth-order valence-corrected chi connectivity index (χ4v) is 2.78. The molecule has 0 heterocycles. The van der Waals surface area contributed by atoms with Gasteiger partial charge in [-0.1, -0.05) is 91.4 Å². The standard InChI is InChI=1S/C19H41N.BrH/c1-19(2,3)17-15-13-11-9-7-5-4-6-8-10-12-14-16-18-20;/h4-18,20H2,1-3H3;1H. The summed E-state index contributed by atoms with van der Waals surface area (Å²) in [4.78, 5) is 0. The molecule has 0 amide bonds. The van der Waals surface area contributed by atoms with Gasteiger partial charge in [0.1, 0.15) is 0 Å². The van der Waals surface area contributed by atoms with Crippen LogP contribution in [0.15, 0.2) is 0 Å². The van der Waals surface area contributed by atoms with Crippen molar-refractivity contribution >= 4 is 0 Å². The second-order valence-electron chi connectivity index (χ2n) is 7.76. The first kappa shape index (κ1) is 23.7. The molecule has 0 saturated heterocycles. The van der Waals surface area contributed by atoms with Gasteiger partial charge >= 0.3 is 0 Å². The van der Waals surface area contributed by atoms with Gasteiger partial charge in [0.25, 0.3) is 0 Å². The third-order valence-electron chi connectivity index (χ3n) is 4.18. The van der Waals surface area contributed by atoms with Crippen LogP contribution in [0, 0.1) is 5.41 Å². The van der Waals surface area contributed by atoms with E-state index in [0.717, 1.165) is 6.54 Å². The van der Waals surface area contributed by atoms with Crippen LogP contribution in [0.25, 0.3) is 0 Å². The Bertz CT molecular complexity index is 186. The van der Waals surface area contributed by atoms with Gasteiger partial charge in [-0.05, 0) is 24.7 Å². The number of unbranched alkanes of at least 4 members (excludes halogenated alkanes) is 12. The minimum Gasteiger partial charge on any atom is -1.00 e. The van der Waals surface area contributed by atoms with E-state index in [9.17, 15) is 0 Å². The predicted molar refractivity (Wildman–Crippen MR) is 91.8 cm³/mol. The quantitative estimate of drug-likeness (QED) is 0.459. The largest absolute Gasteiger partial charge is 1.00 e. The van der Waals surface area contributed by atoms with Crippen molar-refractivity contribution in [2.75, 3.05) is 6.54 Å². The first-order valence-corrected chi connectivity index (χ1v) is 9.35. The molecule has 1 nitrogen and oxygen atoms in total. The summed E-state index contributed by atoms with van der Waals surface area (Å²) in [7, 11) is 0. The topological polar surface area (TPSA) is 27.6 Å². The van der Waals surface area contributed by atoms with Gasteiger partial charge in [-0.25, -0.2) is 0 Å². The molecule has 0 saturated carbocycles. The third-order valence-corrected chi connectivity index (χ3v) is 4.18. The lowest BCUT2D eigenvalue weighted by Crippen LogP contribution is -3.00. The van der Waals surface area contributed by atoms with E-state index in [1.807, 2.05) is 0 Å². The van der Waals surface area contributed by atoms with Crippen molar-refractivity contribution in [2.24, 2.45) is 5.41 Å². The van der Waals surface area contributed by atoms with Crippen molar-refractivity contribution in [1.29, 1.82) is 0 Å². The maximum absolute atomic E-state index is 3.89. The Kier molecular flexibility index (Phi) is 19.0. The zero-order valence-electron chi connectivity index (χ0n) is 15.2. The smallest absolute Gasteiger partial charge is 0.0739 e. The van der Waals surface area contributed by atoms with E-state index < -0.39 is 0 Å². The van der Waals surface area contributed by atoms with E-state index in [4.69, 9.17) is 0 Å². The molecule has 0 radical (unpaired) electrons. The summed E-state index contributed by atoms with van der Waals surface area (Å²) in [6.07, 6.45) is 20.1. The maximum atomic E-state index is 3.89. The molecule has 0 aliphatic heterocycles. The lowest BCUT2D eigenvalue weighted by Gasteiger charge is -2.17. The highest BCUT2D eigenvalue weighted by Gasteiger charge is 2.08. The number of rotatable bonds is 14. The Morgan fingerprint density at radius 1 is 0.524 bits per heavy atom. The van der Waals surface area contributed by atoms with Gasteiger partial charge in [-0.2, -0.15) is 0 Å². The average Bonchev–Trinajstić information content (AvgIpc) is 2.38. The number of hydrogen-bond donors (Lipinski definition) is 1. The first-order valence-electron chi connectivity index (χ1n) is 9.35. The van der Waals surface area contributed by atoms with Crippen molar-refractivity contribution in [3.8, 4) is 0 Å². The van der Waals surface area contributed by atoms with Crippen LogP contribution < -0.4 is 22.7 Å². The highest BCUT2D eigenvalue weighted by Crippen LogP contribution is 2.22. The first-order chi connectivity index (χ1) is 9.56. The van der Waals surface area contributed by atoms with Crippen LogP contribution >= 0.6 is 0 Å². The summed E-state index contributed by atoms with van der Waals surface area (Å²) in [6, 6.07) is 0. The van der Waals surface area contributed by atoms with E-state index in [1.54, 1.807) is 0 Å². The van der Waals surface area contributed by atoms with E-state index in [-0.39, 0.29) is 17.0 Å². The minimum atomic E-state index is 0. The van der Waals surface area contributed by atoms with Crippen LogP contribution in [0.1, 0.15) is 111 Å². The number of halogens is 1. The highest BCUT2D eigenvalue weighted by molar-refractivity contribution is 4.61. The Hall–Kier alpha value is 0.440. The van der Waals surface area contributed by atoms with Crippen molar-refractivity contribution < 1.29 is 22.7 Å². The molecule has 2 heteroatoms. The fourth-order valence-electron chi connectivity index (χ4n) is 2.78. The summed E-state index contributed by atoms with van der Waals surface area (Å²) >= 11 is 0. The lowest BCUT2D eigenvalue weighted by atomic mass is 9.89. The molecule has 0 aromatic carbocycles. The van der Waals surface area contributed by atoms with Crippen LogP contribution in [0.2, 0.25) is 0 Å². The Balaban J connectivity index is 0.